The highest BCUT2D eigenvalue weighted by Crippen LogP contribution is 2.25. The van der Waals surface area contributed by atoms with Crippen molar-refractivity contribution in [2.45, 2.75) is 12.8 Å². The first-order valence-electron chi connectivity index (χ1n) is 6.37. The number of carbonyl (C=O) groups is 1. The molecule has 0 aliphatic heterocycles. The second kappa shape index (κ2) is 7.05. The number of benzene rings is 2. The quantitative estimate of drug-likeness (QED) is 0.825. The first-order chi connectivity index (χ1) is 9.97. The number of hydrogen-bond acceptors (Lipinski definition) is 1. The van der Waals surface area contributed by atoms with Crippen molar-refractivity contribution in [2.75, 3.05) is 0 Å². The molecule has 1 N–H and O–H groups in total. The minimum atomic E-state index is -0.897. The minimum Gasteiger partial charge on any atom is -0.481 e. The molecule has 110 valence electrons. The molecule has 0 heterocycles. The Balaban J connectivity index is 2.20. The Morgan fingerprint density at radius 1 is 1.19 bits per heavy atom. The van der Waals surface area contributed by atoms with E-state index < -0.39 is 11.9 Å². The highest BCUT2D eigenvalue weighted by Gasteiger charge is 2.21. The average Bonchev–Trinajstić information content (AvgIpc) is 2.42. The third-order valence-electron chi connectivity index (χ3n) is 3.25. The summed E-state index contributed by atoms with van der Waals surface area (Å²) in [5, 5.41) is 9.96. The molecule has 0 radical (unpaired) electrons. The van der Waals surface area contributed by atoms with E-state index in [0.29, 0.717) is 22.3 Å². The van der Waals surface area contributed by atoms with Gasteiger partial charge in [0.2, 0.25) is 0 Å². The SMILES string of the molecule is O=C(O)C(Cc1ccccc1Cl)Cc1ccc(F)cc1Br. The van der Waals surface area contributed by atoms with Crippen LogP contribution in [0.5, 0.6) is 0 Å². The maximum Gasteiger partial charge on any atom is 0.307 e. The molecule has 0 amide bonds. The van der Waals surface area contributed by atoms with E-state index in [-0.39, 0.29) is 5.82 Å². The smallest absolute Gasteiger partial charge is 0.307 e. The van der Waals surface area contributed by atoms with Crippen molar-refractivity contribution in [3.05, 3.63) is 68.9 Å². The lowest BCUT2D eigenvalue weighted by Crippen LogP contribution is -2.19. The molecule has 1 atom stereocenters. The number of carboxylic acids is 1. The molecule has 0 bridgehead atoms. The third-order valence-corrected chi connectivity index (χ3v) is 4.36. The highest BCUT2D eigenvalue weighted by atomic mass is 79.9. The van der Waals surface area contributed by atoms with Gasteiger partial charge in [-0.3, -0.25) is 4.79 Å². The zero-order valence-corrected chi connectivity index (χ0v) is 13.4. The number of carboxylic acid groups (broad SMARTS) is 1. The van der Waals surface area contributed by atoms with Crippen molar-refractivity contribution >= 4 is 33.5 Å². The van der Waals surface area contributed by atoms with Gasteiger partial charge in [-0.15, -0.1) is 0 Å². The van der Waals surface area contributed by atoms with E-state index in [9.17, 15) is 14.3 Å². The summed E-state index contributed by atoms with van der Waals surface area (Å²) in [6, 6.07) is 11.5. The summed E-state index contributed by atoms with van der Waals surface area (Å²) in [5.41, 5.74) is 1.56. The van der Waals surface area contributed by atoms with Gasteiger partial charge in [-0.25, -0.2) is 4.39 Å². The van der Waals surface area contributed by atoms with E-state index in [1.807, 2.05) is 12.1 Å². The van der Waals surface area contributed by atoms with Gasteiger partial charge >= 0.3 is 5.97 Å². The first-order valence-corrected chi connectivity index (χ1v) is 7.54. The fourth-order valence-corrected chi connectivity index (χ4v) is 2.85. The summed E-state index contributed by atoms with van der Waals surface area (Å²) < 4.78 is 13.7. The highest BCUT2D eigenvalue weighted by molar-refractivity contribution is 9.10. The summed E-state index contributed by atoms with van der Waals surface area (Å²) in [5.74, 6) is -1.87. The Bertz CT molecular complexity index is 660. The first kappa shape index (κ1) is 16.0. The molecule has 2 aromatic rings. The Labute approximate surface area is 135 Å². The lowest BCUT2D eigenvalue weighted by Gasteiger charge is -2.14. The van der Waals surface area contributed by atoms with Gasteiger partial charge in [0.05, 0.1) is 5.92 Å². The fourth-order valence-electron chi connectivity index (χ4n) is 2.13. The molecule has 21 heavy (non-hydrogen) atoms. The van der Waals surface area contributed by atoms with Crippen molar-refractivity contribution in [1.29, 1.82) is 0 Å². The zero-order valence-electron chi connectivity index (χ0n) is 11.0. The van der Waals surface area contributed by atoms with Gasteiger partial charge in [-0.1, -0.05) is 51.8 Å². The Morgan fingerprint density at radius 3 is 2.48 bits per heavy atom. The average molecular weight is 372 g/mol. The molecule has 1 unspecified atom stereocenters. The maximum absolute atomic E-state index is 13.1. The number of aliphatic carboxylic acids is 1. The summed E-state index contributed by atoms with van der Waals surface area (Å²) in [6.45, 7) is 0. The van der Waals surface area contributed by atoms with Gasteiger partial charge in [-0.05, 0) is 42.2 Å². The molecule has 5 heteroatoms. The summed E-state index contributed by atoms with van der Waals surface area (Å²) in [6.07, 6.45) is 0.639. The van der Waals surface area contributed by atoms with Crippen LogP contribution in [0.15, 0.2) is 46.9 Å². The molecule has 0 aliphatic rings. The van der Waals surface area contributed by atoms with E-state index in [2.05, 4.69) is 15.9 Å². The van der Waals surface area contributed by atoms with Crippen LogP contribution >= 0.6 is 27.5 Å². The van der Waals surface area contributed by atoms with Crippen LogP contribution in [0.2, 0.25) is 5.02 Å². The summed E-state index contributed by atoms with van der Waals surface area (Å²) >= 11 is 9.34. The van der Waals surface area contributed by atoms with Crippen LogP contribution in [0.25, 0.3) is 0 Å². The molecule has 0 saturated heterocycles. The van der Waals surface area contributed by atoms with Gasteiger partial charge in [0, 0.05) is 9.50 Å². The molecule has 0 saturated carbocycles. The second-order valence-electron chi connectivity index (χ2n) is 4.77. The summed E-state index contributed by atoms with van der Waals surface area (Å²) in [7, 11) is 0. The molecule has 2 nitrogen and oxygen atoms in total. The summed E-state index contributed by atoms with van der Waals surface area (Å²) in [4.78, 5) is 11.5. The Morgan fingerprint density at radius 2 is 1.86 bits per heavy atom. The van der Waals surface area contributed by atoms with Gasteiger partial charge in [0.1, 0.15) is 5.82 Å². The van der Waals surface area contributed by atoms with E-state index in [1.165, 1.54) is 12.1 Å². The number of hydrogen-bond donors (Lipinski definition) is 1. The van der Waals surface area contributed by atoms with E-state index in [0.717, 1.165) is 11.1 Å². The minimum absolute atomic E-state index is 0.307. The van der Waals surface area contributed by atoms with Crippen LogP contribution in [-0.2, 0) is 17.6 Å². The topological polar surface area (TPSA) is 37.3 Å². The fraction of sp³-hybridized carbons (Fsp3) is 0.188. The normalized spacial score (nSPS) is 12.1. The van der Waals surface area contributed by atoms with Crippen LogP contribution in [0.1, 0.15) is 11.1 Å². The van der Waals surface area contributed by atoms with Crippen molar-refractivity contribution in [1.82, 2.24) is 0 Å². The van der Waals surface area contributed by atoms with Crippen molar-refractivity contribution in [3.8, 4) is 0 Å². The van der Waals surface area contributed by atoms with Gasteiger partial charge < -0.3 is 5.11 Å². The molecule has 2 rings (SSSR count). The van der Waals surface area contributed by atoms with E-state index >= 15 is 0 Å². The second-order valence-corrected chi connectivity index (χ2v) is 6.03. The Hall–Kier alpha value is -1.39. The van der Waals surface area contributed by atoms with Crippen LogP contribution in [0, 0.1) is 11.7 Å². The number of rotatable bonds is 5. The molecule has 2 aromatic carbocycles. The predicted octanol–water partition coefficient (Wildman–Crippen LogP) is 4.73. The molecule has 0 fully saturated rings. The molecular formula is C16H13BrClFO2. The lowest BCUT2D eigenvalue weighted by atomic mass is 9.92. The molecular weight excluding hydrogens is 359 g/mol. The molecule has 0 spiro atoms. The lowest BCUT2D eigenvalue weighted by molar-refractivity contribution is -0.141. The largest absolute Gasteiger partial charge is 0.481 e. The van der Waals surface area contributed by atoms with Gasteiger partial charge in [0.15, 0.2) is 0 Å². The number of halogens is 3. The molecule has 0 aliphatic carbocycles. The van der Waals surface area contributed by atoms with E-state index in [1.54, 1.807) is 18.2 Å². The Kier molecular flexibility index (Phi) is 5.37. The van der Waals surface area contributed by atoms with Crippen LogP contribution < -0.4 is 0 Å². The molecule has 0 aromatic heterocycles. The monoisotopic (exact) mass is 370 g/mol. The van der Waals surface area contributed by atoms with Crippen molar-refractivity contribution in [3.63, 3.8) is 0 Å². The van der Waals surface area contributed by atoms with Crippen molar-refractivity contribution in [2.24, 2.45) is 5.92 Å². The van der Waals surface area contributed by atoms with Crippen LogP contribution in [0.4, 0.5) is 4.39 Å². The van der Waals surface area contributed by atoms with Gasteiger partial charge in [0.25, 0.3) is 0 Å². The van der Waals surface area contributed by atoms with Crippen LogP contribution in [0.3, 0.4) is 0 Å². The van der Waals surface area contributed by atoms with E-state index in [4.69, 9.17) is 11.6 Å². The van der Waals surface area contributed by atoms with Gasteiger partial charge in [-0.2, -0.15) is 0 Å². The zero-order chi connectivity index (χ0) is 15.4. The third kappa shape index (κ3) is 4.29. The van der Waals surface area contributed by atoms with Crippen LogP contribution in [-0.4, -0.2) is 11.1 Å². The predicted molar refractivity (Wildman–Crippen MR) is 84.1 cm³/mol. The standard InChI is InChI=1S/C16H13BrClFO2/c17-14-9-13(19)6-5-10(14)7-12(16(20)21)8-11-3-1-2-4-15(11)18/h1-6,9,12H,7-8H2,(H,20,21). The van der Waals surface area contributed by atoms with Crippen molar-refractivity contribution < 1.29 is 14.3 Å². The maximum atomic E-state index is 13.1.